The van der Waals surface area contributed by atoms with Crippen molar-refractivity contribution in [2.24, 2.45) is 0 Å². The second-order valence-corrected chi connectivity index (χ2v) is 5.80. The van der Waals surface area contributed by atoms with Crippen molar-refractivity contribution in [3.8, 4) is 0 Å². The number of thioether (sulfide) groups is 1. The fourth-order valence-corrected chi connectivity index (χ4v) is 2.94. The highest BCUT2D eigenvalue weighted by Crippen LogP contribution is 2.04. The van der Waals surface area contributed by atoms with Gasteiger partial charge in [0.05, 0.1) is 5.75 Å². The van der Waals surface area contributed by atoms with Crippen LogP contribution in [0.15, 0.2) is 0 Å². The van der Waals surface area contributed by atoms with E-state index in [0.717, 1.165) is 44.9 Å². The van der Waals surface area contributed by atoms with Gasteiger partial charge in [-0.05, 0) is 32.5 Å². The number of hydrogen-bond donors (Lipinski definition) is 2. The van der Waals surface area contributed by atoms with E-state index in [1.165, 1.54) is 6.42 Å². The first-order valence-corrected chi connectivity index (χ1v) is 8.21. The smallest absolute Gasteiger partial charge is 0.230 e. The first-order valence-electron chi connectivity index (χ1n) is 7.06. The Balaban J connectivity index is 0. The van der Waals surface area contributed by atoms with Gasteiger partial charge < -0.3 is 15.5 Å². The van der Waals surface area contributed by atoms with E-state index in [-0.39, 0.29) is 30.7 Å². The van der Waals surface area contributed by atoms with Gasteiger partial charge in [-0.15, -0.1) is 24.8 Å². The van der Waals surface area contributed by atoms with Crippen molar-refractivity contribution >= 4 is 42.5 Å². The van der Waals surface area contributed by atoms with Crippen LogP contribution in [0.25, 0.3) is 0 Å². The minimum absolute atomic E-state index is 0. The first kappa shape index (κ1) is 22.6. The van der Waals surface area contributed by atoms with Crippen molar-refractivity contribution in [3.05, 3.63) is 0 Å². The normalized spacial score (nSPS) is 18.1. The molecular weight excluding hydrogens is 317 g/mol. The van der Waals surface area contributed by atoms with E-state index in [9.17, 15) is 4.79 Å². The summed E-state index contributed by atoms with van der Waals surface area (Å²) in [6, 6.07) is 0.342. The van der Waals surface area contributed by atoms with Gasteiger partial charge in [-0.2, -0.15) is 11.8 Å². The highest BCUT2D eigenvalue weighted by atomic mass is 35.5. The van der Waals surface area contributed by atoms with Crippen molar-refractivity contribution in [2.45, 2.75) is 32.7 Å². The van der Waals surface area contributed by atoms with Gasteiger partial charge in [0.1, 0.15) is 0 Å². The van der Waals surface area contributed by atoms with Crippen LogP contribution in [0, 0.1) is 0 Å². The third-order valence-corrected chi connectivity index (χ3v) is 4.28. The Morgan fingerprint density at radius 3 is 2.60 bits per heavy atom. The summed E-state index contributed by atoms with van der Waals surface area (Å²) in [4.78, 5) is 14.1. The number of rotatable bonds is 8. The standard InChI is InChI=1S/C13H27N3OS.2ClH/c1-3-16(4-2)8-9-18-11-13(17)15-12-6-5-7-14-10-12;;/h12,14H,3-11H2,1-2H3,(H,15,17);2*1H. The van der Waals surface area contributed by atoms with E-state index in [1.807, 2.05) is 0 Å². The molecule has 0 aliphatic carbocycles. The number of piperidine rings is 1. The zero-order valence-electron chi connectivity index (χ0n) is 12.5. The maximum Gasteiger partial charge on any atom is 0.230 e. The largest absolute Gasteiger partial charge is 0.351 e. The Labute approximate surface area is 140 Å². The molecule has 1 heterocycles. The number of nitrogens with one attached hydrogen (secondary N) is 2. The minimum atomic E-state index is 0. The van der Waals surface area contributed by atoms with Gasteiger partial charge in [-0.1, -0.05) is 13.8 Å². The number of halogens is 2. The Hall–Kier alpha value is 0.320. The summed E-state index contributed by atoms with van der Waals surface area (Å²) >= 11 is 1.73. The highest BCUT2D eigenvalue weighted by Gasteiger charge is 2.14. The van der Waals surface area contributed by atoms with Gasteiger partial charge in [0.15, 0.2) is 0 Å². The average molecular weight is 346 g/mol. The van der Waals surface area contributed by atoms with Crippen LogP contribution in [0.2, 0.25) is 0 Å². The average Bonchev–Trinajstić information content (AvgIpc) is 2.40. The molecule has 122 valence electrons. The topological polar surface area (TPSA) is 44.4 Å². The van der Waals surface area contributed by atoms with Crippen molar-refractivity contribution in [3.63, 3.8) is 0 Å². The fourth-order valence-electron chi connectivity index (χ4n) is 2.14. The third kappa shape index (κ3) is 10.1. The molecule has 7 heteroatoms. The fraction of sp³-hybridized carbons (Fsp3) is 0.923. The molecule has 0 radical (unpaired) electrons. The Kier molecular flexibility index (Phi) is 16.1. The second-order valence-electron chi connectivity index (χ2n) is 4.69. The van der Waals surface area contributed by atoms with Crippen molar-refractivity contribution < 1.29 is 4.79 Å². The molecule has 2 N–H and O–H groups in total. The maximum atomic E-state index is 11.7. The lowest BCUT2D eigenvalue weighted by Gasteiger charge is -2.23. The number of hydrogen-bond acceptors (Lipinski definition) is 4. The summed E-state index contributed by atoms with van der Waals surface area (Å²) in [5, 5.41) is 6.41. The van der Waals surface area contributed by atoms with E-state index < -0.39 is 0 Å². The van der Waals surface area contributed by atoms with E-state index in [1.54, 1.807) is 11.8 Å². The van der Waals surface area contributed by atoms with E-state index in [0.29, 0.717) is 11.8 Å². The van der Waals surface area contributed by atoms with Crippen LogP contribution in [0.3, 0.4) is 0 Å². The molecule has 1 aliphatic heterocycles. The van der Waals surface area contributed by atoms with Crippen LogP contribution in [0.4, 0.5) is 0 Å². The Morgan fingerprint density at radius 1 is 1.35 bits per heavy atom. The van der Waals surface area contributed by atoms with Crippen LogP contribution >= 0.6 is 36.6 Å². The zero-order valence-corrected chi connectivity index (χ0v) is 15.0. The monoisotopic (exact) mass is 345 g/mol. The number of nitrogens with zero attached hydrogens (tertiary/aromatic N) is 1. The molecule has 0 aromatic carbocycles. The van der Waals surface area contributed by atoms with Crippen LogP contribution in [0.1, 0.15) is 26.7 Å². The summed E-state index contributed by atoms with van der Waals surface area (Å²) in [5.74, 6) is 1.82. The molecule has 1 rings (SSSR count). The Bertz CT molecular complexity index is 238. The summed E-state index contributed by atoms with van der Waals surface area (Å²) < 4.78 is 0. The molecule has 0 saturated carbocycles. The van der Waals surface area contributed by atoms with Crippen LogP contribution in [0.5, 0.6) is 0 Å². The zero-order chi connectivity index (χ0) is 13.2. The van der Waals surface area contributed by atoms with E-state index >= 15 is 0 Å². The molecule has 1 amide bonds. The molecule has 0 spiro atoms. The predicted octanol–water partition coefficient (Wildman–Crippen LogP) is 1.77. The molecule has 20 heavy (non-hydrogen) atoms. The molecule has 1 fully saturated rings. The molecule has 0 bridgehead atoms. The van der Waals surface area contributed by atoms with Gasteiger partial charge in [0.25, 0.3) is 0 Å². The Morgan fingerprint density at radius 2 is 2.05 bits per heavy atom. The van der Waals surface area contributed by atoms with Crippen LogP contribution in [-0.2, 0) is 4.79 Å². The van der Waals surface area contributed by atoms with Crippen molar-refractivity contribution in [1.29, 1.82) is 0 Å². The quantitative estimate of drug-likeness (QED) is 0.658. The lowest BCUT2D eigenvalue weighted by molar-refractivity contribution is -0.119. The molecule has 0 aromatic heterocycles. The van der Waals surface area contributed by atoms with E-state index in [4.69, 9.17) is 0 Å². The molecule has 1 saturated heterocycles. The SMILES string of the molecule is CCN(CC)CCSCC(=O)NC1CCCNC1.Cl.Cl. The van der Waals surface area contributed by atoms with Crippen LogP contribution < -0.4 is 10.6 Å². The molecule has 1 atom stereocenters. The van der Waals surface area contributed by atoms with Gasteiger partial charge in [-0.3, -0.25) is 4.79 Å². The molecule has 4 nitrogen and oxygen atoms in total. The molecular formula is C13H29Cl2N3OS. The maximum absolute atomic E-state index is 11.7. The van der Waals surface area contributed by atoms with Gasteiger partial charge >= 0.3 is 0 Å². The van der Waals surface area contributed by atoms with Crippen molar-refractivity contribution in [1.82, 2.24) is 15.5 Å². The first-order chi connectivity index (χ1) is 8.76. The summed E-state index contributed by atoms with van der Waals surface area (Å²) in [6.45, 7) is 9.64. The van der Waals surface area contributed by atoms with Gasteiger partial charge in [0, 0.05) is 24.9 Å². The lowest BCUT2D eigenvalue weighted by Crippen LogP contribution is -2.46. The van der Waals surface area contributed by atoms with Crippen LogP contribution in [-0.4, -0.2) is 61.1 Å². The predicted molar refractivity (Wildman–Crippen MR) is 93.6 cm³/mol. The highest BCUT2D eigenvalue weighted by molar-refractivity contribution is 7.99. The molecule has 0 aromatic rings. The molecule has 1 unspecified atom stereocenters. The summed E-state index contributed by atoms with van der Waals surface area (Å²) in [5.41, 5.74) is 0. The lowest BCUT2D eigenvalue weighted by atomic mass is 10.1. The second kappa shape index (κ2) is 14.3. The minimum Gasteiger partial charge on any atom is -0.351 e. The third-order valence-electron chi connectivity index (χ3n) is 3.34. The number of carbonyl (C=O) groups excluding carboxylic acids is 1. The van der Waals surface area contributed by atoms with Gasteiger partial charge in [0.2, 0.25) is 5.91 Å². The van der Waals surface area contributed by atoms with Gasteiger partial charge in [-0.25, -0.2) is 0 Å². The summed E-state index contributed by atoms with van der Waals surface area (Å²) in [7, 11) is 0. The number of amides is 1. The number of carbonyl (C=O) groups is 1. The van der Waals surface area contributed by atoms with Crippen molar-refractivity contribution in [2.75, 3.05) is 44.2 Å². The molecule has 1 aliphatic rings. The van der Waals surface area contributed by atoms with E-state index in [2.05, 4.69) is 29.4 Å². The summed E-state index contributed by atoms with van der Waals surface area (Å²) in [6.07, 6.45) is 2.28.